The van der Waals surface area contributed by atoms with Crippen molar-refractivity contribution in [1.82, 2.24) is 4.90 Å². The summed E-state index contributed by atoms with van der Waals surface area (Å²) < 4.78 is 19.4. The van der Waals surface area contributed by atoms with Gasteiger partial charge in [0.05, 0.1) is 23.3 Å². The van der Waals surface area contributed by atoms with Gasteiger partial charge in [-0.25, -0.2) is 4.39 Å². The molecule has 1 aromatic rings. The van der Waals surface area contributed by atoms with Gasteiger partial charge in [-0.1, -0.05) is 33.6 Å². The maximum Gasteiger partial charge on any atom is 0.258 e. The highest BCUT2D eigenvalue weighted by molar-refractivity contribution is 9.09. The molecule has 6 heteroatoms. The van der Waals surface area contributed by atoms with Gasteiger partial charge in [0.25, 0.3) is 5.91 Å². The van der Waals surface area contributed by atoms with Crippen molar-refractivity contribution in [2.75, 3.05) is 25.0 Å². The van der Waals surface area contributed by atoms with Crippen LogP contribution in [0, 0.1) is 5.82 Å². The molecule has 2 rings (SSSR count). The van der Waals surface area contributed by atoms with Crippen LogP contribution in [-0.2, 0) is 4.74 Å². The Hall–Kier alpha value is -0.650. The Morgan fingerprint density at radius 2 is 2.15 bits per heavy atom. The number of piperidine rings is 1. The smallest absolute Gasteiger partial charge is 0.258 e. The molecule has 1 heterocycles. The molecule has 0 atom stereocenters. The highest BCUT2D eigenvalue weighted by Gasteiger charge is 2.26. The number of carbonyl (C=O) groups is 1. The molecule has 1 aliphatic heterocycles. The SMILES string of the molecule is O=C(c1c(F)cccc1Cl)N1CCC(OCCBr)CC1. The van der Waals surface area contributed by atoms with Gasteiger partial charge >= 0.3 is 0 Å². The second kappa shape index (κ2) is 7.38. The Morgan fingerprint density at radius 1 is 1.45 bits per heavy atom. The minimum absolute atomic E-state index is 0.0333. The molecule has 1 fully saturated rings. The minimum atomic E-state index is -0.569. The van der Waals surface area contributed by atoms with Gasteiger partial charge in [-0.05, 0) is 25.0 Å². The Balaban J connectivity index is 1.98. The topological polar surface area (TPSA) is 29.5 Å². The van der Waals surface area contributed by atoms with E-state index in [2.05, 4.69) is 15.9 Å². The van der Waals surface area contributed by atoms with Crippen LogP contribution in [0.25, 0.3) is 0 Å². The molecule has 1 amide bonds. The largest absolute Gasteiger partial charge is 0.377 e. The standard InChI is InChI=1S/C14H16BrClFNO2/c15-6-9-20-10-4-7-18(8-5-10)14(19)13-11(16)2-1-3-12(13)17/h1-3,10H,4-9H2. The Morgan fingerprint density at radius 3 is 2.75 bits per heavy atom. The van der Waals surface area contributed by atoms with Gasteiger partial charge in [0, 0.05) is 18.4 Å². The summed E-state index contributed by atoms with van der Waals surface area (Å²) in [5.41, 5.74) is -0.0333. The van der Waals surface area contributed by atoms with E-state index in [0.29, 0.717) is 19.7 Å². The molecule has 0 unspecified atom stereocenters. The number of amides is 1. The zero-order valence-electron chi connectivity index (χ0n) is 10.9. The summed E-state index contributed by atoms with van der Waals surface area (Å²) in [7, 11) is 0. The average molecular weight is 365 g/mol. The first-order valence-electron chi connectivity index (χ1n) is 6.54. The summed E-state index contributed by atoms with van der Waals surface area (Å²) in [6.07, 6.45) is 1.71. The lowest BCUT2D eigenvalue weighted by Gasteiger charge is -2.32. The number of nitrogens with zero attached hydrogens (tertiary/aromatic N) is 1. The van der Waals surface area contributed by atoms with Crippen molar-refractivity contribution in [3.8, 4) is 0 Å². The van der Waals surface area contributed by atoms with E-state index in [9.17, 15) is 9.18 Å². The van der Waals surface area contributed by atoms with Crippen LogP contribution >= 0.6 is 27.5 Å². The van der Waals surface area contributed by atoms with Crippen LogP contribution in [0.15, 0.2) is 18.2 Å². The van der Waals surface area contributed by atoms with Gasteiger partial charge in [-0.2, -0.15) is 0 Å². The molecule has 0 aromatic heterocycles. The molecule has 3 nitrogen and oxygen atoms in total. The number of ether oxygens (including phenoxy) is 1. The van der Waals surface area contributed by atoms with Crippen molar-refractivity contribution < 1.29 is 13.9 Å². The van der Waals surface area contributed by atoms with E-state index < -0.39 is 5.82 Å². The average Bonchev–Trinajstić information content (AvgIpc) is 2.45. The lowest BCUT2D eigenvalue weighted by Crippen LogP contribution is -2.41. The second-order valence-electron chi connectivity index (χ2n) is 4.65. The van der Waals surface area contributed by atoms with E-state index in [-0.39, 0.29) is 22.6 Å². The highest BCUT2D eigenvalue weighted by Crippen LogP contribution is 2.23. The molecule has 1 aliphatic rings. The van der Waals surface area contributed by atoms with Crippen LogP contribution in [0.1, 0.15) is 23.2 Å². The monoisotopic (exact) mass is 363 g/mol. The van der Waals surface area contributed by atoms with Crippen LogP contribution in [0.2, 0.25) is 5.02 Å². The third kappa shape index (κ3) is 3.71. The molecular weight excluding hydrogens is 349 g/mol. The normalized spacial score (nSPS) is 16.4. The summed E-state index contributed by atoms with van der Waals surface area (Å²) >= 11 is 9.24. The second-order valence-corrected chi connectivity index (χ2v) is 5.85. The van der Waals surface area contributed by atoms with Gasteiger partial charge in [0.1, 0.15) is 5.82 Å². The molecule has 110 valence electrons. The van der Waals surface area contributed by atoms with Gasteiger partial charge in [0.15, 0.2) is 0 Å². The third-order valence-corrected chi connectivity index (χ3v) is 3.98. The number of hydrogen-bond donors (Lipinski definition) is 0. The fourth-order valence-electron chi connectivity index (χ4n) is 2.30. The van der Waals surface area contributed by atoms with Gasteiger partial charge in [-0.3, -0.25) is 4.79 Å². The third-order valence-electron chi connectivity index (χ3n) is 3.34. The fourth-order valence-corrected chi connectivity index (χ4v) is 2.73. The molecule has 0 spiro atoms. The van der Waals surface area contributed by atoms with Crippen molar-refractivity contribution in [1.29, 1.82) is 0 Å². The summed E-state index contributed by atoms with van der Waals surface area (Å²) in [4.78, 5) is 14.0. The van der Waals surface area contributed by atoms with E-state index in [1.807, 2.05) is 0 Å². The summed E-state index contributed by atoms with van der Waals surface area (Å²) in [6, 6.07) is 4.28. The number of hydrogen-bond acceptors (Lipinski definition) is 2. The van der Waals surface area contributed by atoms with Gasteiger partial charge < -0.3 is 9.64 Å². The maximum absolute atomic E-state index is 13.7. The number of rotatable bonds is 4. The van der Waals surface area contributed by atoms with E-state index in [1.165, 1.54) is 18.2 Å². The Labute approximate surface area is 131 Å². The molecular formula is C14H16BrClFNO2. The number of benzene rings is 1. The van der Waals surface area contributed by atoms with Crippen molar-refractivity contribution in [2.24, 2.45) is 0 Å². The molecule has 1 aromatic carbocycles. The Bertz CT molecular complexity index is 458. The zero-order chi connectivity index (χ0) is 14.5. The first-order chi connectivity index (χ1) is 9.63. The van der Waals surface area contributed by atoms with Crippen LogP contribution < -0.4 is 0 Å². The summed E-state index contributed by atoms with van der Waals surface area (Å²) in [5, 5.41) is 0.962. The quantitative estimate of drug-likeness (QED) is 0.765. The predicted octanol–water partition coefficient (Wildman–Crippen LogP) is 3.50. The fraction of sp³-hybridized carbons (Fsp3) is 0.500. The number of carbonyl (C=O) groups excluding carboxylic acids is 1. The van der Waals surface area contributed by atoms with Crippen LogP contribution in [0.3, 0.4) is 0 Å². The predicted molar refractivity (Wildman–Crippen MR) is 80.1 cm³/mol. The molecule has 0 radical (unpaired) electrons. The molecule has 0 bridgehead atoms. The molecule has 1 saturated heterocycles. The van der Waals surface area contributed by atoms with Crippen molar-refractivity contribution >= 4 is 33.4 Å². The Kier molecular flexibility index (Phi) is 5.81. The van der Waals surface area contributed by atoms with Crippen LogP contribution in [-0.4, -0.2) is 41.9 Å². The van der Waals surface area contributed by atoms with E-state index >= 15 is 0 Å². The van der Waals surface area contributed by atoms with Gasteiger partial charge in [-0.15, -0.1) is 0 Å². The van der Waals surface area contributed by atoms with Crippen molar-refractivity contribution in [3.63, 3.8) is 0 Å². The van der Waals surface area contributed by atoms with Crippen LogP contribution in [0.5, 0.6) is 0 Å². The van der Waals surface area contributed by atoms with E-state index in [1.54, 1.807) is 4.90 Å². The van der Waals surface area contributed by atoms with Crippen molar-refractivity contribution in [3.05, 3.63) is 34.6 Å². The number of alkyl halides is 1. The number of halogens is 3. The maximum atomic E-state index is 13.7. The lowest BCUT2D eigenvalue weighted by atomic mass is 10.1. The van der Waals surface area contributed by atoms with Crippen LogP contribution in [0.4, 0.5) is 4.39 Å². The van der Waals surface area contributed by atoms with E-state index in [4.69, 9.17) is 16.3 Å². The van der Waals surface area contributed by atoms with E-state index in [0.717, 1.165) is 18.2 Å². The first kappa shape index (κ1) is 15.7. The highest BCUT2D eigenvalue weighted by atomic mass is 79.9. The summed E-state index contributed by atoms with van der Waals surface area (Å²) in [5.74, 6) is -0.910. The number of likely N-dealkylation sites (tertiary alicyclic amines) is 1. The molecule has 0 N–H and O–H groups in total. The lowest BCUT2D eigenvalue weighted by molar-refractivity contribution is 0.0159. The summed E-state index contributed by atoms with van der Waals surface area (Å²) in [6.45, 7) is 1.80. The minimum Gasteiger partial charge on any atom is -0.377 e. The first-order valence-corrected chi connectivity index (χ1v) is 8.04. The molecule has 0 aliphatic carbocycles. The zero-order valence-corrected chi connectivity index (χ0v) is 13.3. The molecule has 20 heavy (non-hydrogen) atoms. The van der Waals surface area contributed by atoms with Gasteiger partial charge in [0.2, 0.25) is 0 Å². The molecule has 0 saturated carbocycles. The van der Waals surface area contributed by atoms with Crippen molar-refractivity contribution in [2.45, 2.75) is 18.9 Å².